The van der Waals surface area contributed by atoms with Crippen molar-refractivity contribution in [3.05, 3.63) is 100.0 Å². The second-order valence-corrected chi connectivity index (χ2v) is 7.96. The van der Waals surface area contributed by atoms with E-state index in [4.69, 9.17) is 0 Å². The Morgan fingerprint density at radius 2 is 1.88 bits per heavy atom. The van der Waals surface area contributed by atoms with E-state index in [1.54, 1.807) is 18.5 Å². The first-order chi connectivity index (χ1) is 15.9. The van der Waals surface area contributed by atoms with E-state index < -0.39 is 11.7 Å². The van der Waals surface area contributed by atoms with Crippen molar-refractivity contribution in [1.82, 2.24) is 24.4 Å². The summed E-state index contributed by atoms with van der Waals surface area (Å²) in [5.41, 5.74) is 2.92. The average molecular weight is 451 g/mol. The molecule has 0 saturated carbocycles. The molecule has 0 aliphatic carbocycles. The van der Waals surface area contributed by atoms with Crippen molar-refractivity contribution in [2.24, 2.45) is 0 Å². The number of aromatic nitrogens is 4. The number of hydrogen-bond acceptors (Lipinski definition) is 4. The van der Waals surface area contributed by atoms with Gasteiger partial charge >= 0.3 is 6.18 Å². The molecule has 0 atom stereocenters. The first kappa shape index (κ1) is 21.1. The Morgan fingerprint density at radius 3 is 2.61 bits per heavy atom. The van der Waals surface area contributed by atoms with Gasteiger partial charge in [-0.15, -0.1) is 0 Å². The highest BCUT2D eigenvalue weighted by Crippen LogP contribution is 2.30. The van der Waals surface area contributed by atoms with E-state index >= 15 is 0 Å². The van der Waals surface area contributed by atoms with Crippen LogP contribution in [-0.4, -0.2) is 31.0 Å². The number of benzene rings is 1. The van der Waals surface area contributed by atoms with Gasteiger partial charge in [-0.3, -0.25) is 14.7 Å². The van der Waals surface area contributed by atoms with Crippen molar-refractivity contribution in [2.45, 2.75) is 25.7 Å². The molecule has 0 spiro atoms. The molecule has 6 nitrogen and oxygen atoms in total. The fourth-order valence-electron chi connectivity index (χ4n) is 4.09. The summed E-state index contributed by atoms with van der Waals surface area (Å²) in [6.07, 6.45) is 1.42. The zero-order valence-corrected chi connectivity index (χ0v) is 17.5. The molecule has 1 aliphatic rings. The van der Waals surface area contributed by atoms with Gasteiger partial charge in [-0.1, -0.05) is 0 Å². The van der Waals surface area contributed by atoms with Crippen LogP contribution in [-0.2, 0) is 25.7 Å². The van der Waals surface area contributed by atoms with Gasteiger partial charge in [-0.2, -0.15) is 13.2 Å². The van der Waals surface area contributed by atoms with Crippen LogP contribution >= 0.6 is 0 Å². The van der Waals surface area contributed by atoms with Gasteiger partial charge < -0.3 is 9.55 Å². The number of nitrogens with one attached hydrogen (secondary N) is 1. The standard InChI is InChI=1S/C24H20F3N5O/c25-24(26,27)17-5-7-18(8-6-17)32-11-2-4-19(32)14-31-12-9-21-20(15-31)23(33)30-22(29-21)16-3-1-10-28-13-16/h1-8,10-11,13H,9,12,14-15H2,(H,29,30,33). The Kier molecular flexibility index (Phi) is 5.33. The molecule has 1 aromatic carbocycles. The van der Waals surface area contributed by atoms with Crippen molar-refractivity contribution >= 4 is 0 Å². The SMILES string of the molecule is O=c1[nH]c(-c2cccnc2)nc2c1CN(Cc1cccn1-c1ccc(C(F)(F)F)cc1)CC2. The number of pyridine rings is 1. The van der Waals surface area contributed by atoms with Gasteiger partial charge in [0.15, 0.2) is 0 Å². The third kappa shape index (κ3) is 4.31. The third-order valence-electron chi connectivity index (χ3n) is 5.77. The Bertz CT molecular complexity index is 1330. The highest BCUT2D eigenvalue weighted by atomic mass is 19.4. The topological polar surface area (TPSA) is 66.8 Å². The largest absolute Gasteiger partial charge is 0.416 e. The number of nitrogens with zero attached hydrogens (tertiary/aromatic N) is 4. The molecule has 9 heteroatoms. The number of fused-ring (bicyclic) bond motifs is 1. The molecule has 0 bridgehead atoms. The van der Waals surface area contributed by atoms with Gasteiger partial charge in [0.05, 0.1) is 16.8 Å². The molecule has 0 unspecified atom stereocenters. The first-order valence-electron chi connectivity index (χ1n) is 10.5. The van der Waals surface area contributed by atoms with Gasteiger partial charge in [0.1, 0.15) is 5.82 Å². The zero-order chi connectivity index (χ0) is 23.0. The van der Waals surface area contributed by atoms with Crippen molar-refractivity contribution in [2.75, 3.05) is 6.54 Å². The molecule has 3 aromatic heterocycles. The molecule has 1 N–H and O–H groups in total. The molecular formula is C24H20F3N5O. The maximum atomic E-state index is 12.9. The molecule has 33 heavy (non-hydrogen) atoms. The Labute approximate surface area is 187 Å². The smallest absolute Gasteiger partial charge is 0.320 e. The zero-order valence-electron chi connectivity index (χ0n) is 17.5. The number of hydrogen-bond donors (Lipinski definition) is 1. The number of alkyl halides is 3. The van der Waals surface area contributed by atoms with Gasteiger partial charge in [0.25, 0.3) is 5.56 Å². The van der Waals surface area contributed by atoms with Crippen LogP contribution in [0.4, 0.5) is 13.2 Å². The first-order valence-corrected chi connectivity index (χ1v) is 10.5. The number of halogens is 3. The van der Waals surface area contributed by atoms with E-state index in [1.165, 1.54) is 12.1 Å². The summed E-state index contributed by atoms with van der Waals surface area (Å²) in [6.45, 7) is 1.72. The van der Waals surface area contributed by atoms with Gasteiger partial charge in [0, 0.05) is 61.6 Å². The van der Waals surface area contributed by atoms with Crippen molar-refractivity contribution in [1.29, 1.82) is 0 Å². The number of aromatic amines is 1. The number of H-pyrrole nitrogens is 1. The lowest BCUT2D eigenvalue weighted by molar-refractivity contribution is -0.137. The van der Waals surface area contributed by atoms with Gasteiger partial charge in [-0.05, 0) is 48.5 Å². The summed E-state index contributed by atoms with van der Waals surface area (Å²) >= 11 is 0. The Morgan fingerprint density at radius 1 is 1.06 bits per heavy atom. The van der Waals surface area contributed by atoms with Crippen LogP contribution in [0.15, 0.2) is 71.9 Å². The van der Waals surface area contributed by atoms with Crippen LogP contribution in [0, 0.1) is 0 Å². The lowest BCUT2D eigenvalue weighted by Crippen LogP contribution is -2.35. The maximum absolute atomic E-state index is 12.9. The summed E-state index contributed by atoms with van der Waals surface area (Å²) < 4.78 is 40.5. The van der Waals surface area contributed by atoms with Crippen LogP contribution in [0.25, 0.3) is 17.1 Å². The van der Waals surface area contributed by atoms with E-state index in [0.29, 0.717) is 43.1 Å². The molecule has 0 amide bonds. The quantitative estimate of drug-likeness (QED) is 0.505. The summed E-state index contributed by atoms with van der Waals surface area (Å²) in [6, 6.07) is 12.5. The minimum atomic E-state index is -4.36. The molecule has 4 heterocycles. The van der Waals surface area contributed by atoms with Crippen LogP contribution in [0.1, 0.15) is 22.5 Å². The van der Waals surface area contributed by atoms with E-state index in [1.807, 2.05) is 29.0 Å². The van der Waals surface area contributed by atoms with E-state index in [2.05, 4.69) is 19.9 Å². The average Bonchev–Trinajstić information content (AvgIpc) is 3.27. The minimum Gasteiger partial charge on any atom is -0.320 e. The third-order valence-corrected chi connectivity index (χ3v) is 5.77. The van der Waals surface area contributed by atoms with Crippen LogP contribution in [0.2, 0.25) is 0 Å². The predicted octanol–water partition coefficient (Wildman–Crippen LogP) is 4.20. The maximum Gasteiger partial charge on any atom is 0.416 e. The second kappa shape index (κ2) is 8.32. The molecule has 168 valence electrons. The Hall–Kier alpha value is -3.72. The van der Waals surface area contributed by atoms with Crippen molar-refractivity contribution < 1.29 is 13.2 Å². The predicted molar refractivity (Wildman–Crippen MR) is 117 cm³/mol. The normalized spacial score (nSPS) is 14.3. The van der Waals surface area contributed by atoms with Gasteiger partial charge in [-0.25, -0.2) is 4.98 Å². The minimum absolute atomic E-state index is 0.165. The molecule has 0 saturated heterocycles. The Balaban J connectivity index is 1.35. The molecule has 4 aromatic rings. The molecule has 5 rings (SSSR count). The fraction of sp³-hybridized carbons (Fsp3) is 0.208. The van der Waals surface area contributed by atoms with E-state index in [0.717, 1.165) is 29.1 Å². The van der Waals surface area contributed by atoms with Crippen LogP contribution < -0.4 is 5.56 Å². The highest BCUT2D eigenvalue weighted by Gasteiger charge is 2.30. The lowest BCUT2D eigenvalue weighted by Gasteiger charge is -2.28. The molecule has 0 fully saturated rings. The van der Waals surface area contributed by atoms with Crippen LogP contribution in [0.3, 0.4) is 0 Å². The lowest BCUT2D eigenvalue weighted by atomic mass is 10.1. The number of rotatable bonds is 4. The molecular weight excluding hydrogens is 431 g/mol. The van der Waals surface area contributed by atoms with E-state index in [9.17, 15) is 18.0 Å². The fourth-order valence-corrected chi connectivity index (χ4v) is 4.09. The van der Waals surface area contributed by atoms with Crippen molar-refractivity contribution in [3.63, 3.8) is 0 Å². The van der Waals surface area contributed by atoms with Gasteiger partial charge in [0.2, 0.25) is 0 Å². The molecule has 1 aliphatic heterocycles. The molecule has 0 radical (unpaired) electrons. The monoisotopic (exact) mass is 451 g/mol. The second-order valence-electron chi connectivity index (χ2n) is 7.96. The van der Waals surface area contributed by atoms with Crippen LogP contribution in [0.5, 0.6) is 0 Å². The summed E-state index contributed by atoms with van der Waals surface area (Å²) in [5, 5.41) is 0. The van der Waals surface area contributed by atoms with Crippen molar-refractivity contribution in [3.8, 4) is 17.1 Å². The highest BCUT2D eigenvalue weighted by molar-refractivity contribution is 5.53. The van der Waals surface area contributed by atoms with E-state index in [-0.39, 0.29) is 5.56 Å². The summed E-state index contributed by atoms with van der Waals surface area (Å²) in [5.74, 6) is 0.511. The summed E-state index contributed by atoms with van der Waals surface area (Å²) in [4.78, 5) is 26.5. The summed E-state index contributed by atoms with van der Waals surface area (Å²) in [7, 11) is 0.